The third kappa shape index (κ3) is 3.67. The van der Waals surface area contributed by atoms with E-state index in [4.69, 9.17) is 5.11 Å². The van der Waals surface area contributed by atoms with E-state index >= 15 is 0 Å². The van der Waals surface area contributed by atoms with Crippen molar-refractivity contribution in [3.8, 4) is 0 Å². The maximum Gasteiger partial charge on any atom is 0.315 e. The molecule has 0 unspecified atom stereocenters. The molecular weight excluding hydrogens is 267 g/mol. The average Bonchev–Trinajstić information content (AvgIpc) is 2.77. The van der Waals surface area contributed by atoms with Crippen molar-refractivity contribution in [2.75, 3.05) is 6.54 Å². The lowest BCUT2D eigenvalue weighted by Gasteiger charge is -2.04. The van der Waals surface area contributed by atoms with Crippen molar-refractivity contribution >= 4 is 23.0 Å². The number of hydrogen-bond acceptors (Lipinski definition) is 3. The molecule has 106 valence electrons. The van der Waals surface area contributed by atoms with Crippen LogP contribution >= 0.6 is 0 Å². The van der Waals surface area contributed by atoms with Gasteiger partial charge < -0.3 is 20.7 Å². The molecule has 1 heterocycles. The largest absolute Gasteiger partial charge is 0.481 e. The highest BCUT2D eigenvalue weighted by Gasteiger charge is 2.06. The summed E-state index contributed by atoms with van der Waals surface area (Å²) in [4.78, 5) is 28.7. The zero-order valence-electron chi connectivity index (χ0n) is 10.4. The fourth-order valence-corrected chi connectivity index (χ4v) is 1.63. The minimum Gasteiger partial charge on any atom is -0.481 e. The molecule has 1 aromatic heterocycles. The number of aromatic nitrogens is 2. The molecule has 0 aliphatic heterocycles. The fourth-order valence-electron chi connectivity index (χ4n) is 1.63. The zero-order chi connectivity index (χ0) is 14.5. The summed E-state index contributed by atoms with van der Waals surface area (Å²) in [7, 11) is 0. The summed E-state index contributed by atoms with van der Waals surface area (Å²) in [5, 5.41) is 13.3. The topological polar surface area (TPSA) is 107 Å². The Morgan fingerprint density at radius 1 is 1.35 bits per heavy atom. The number of aromatic amines is 1. The van der Waals surface area contributed by atoms with Gasteiger partial charge in [0.2, 0.25) is 0 Å². The molecule has 0 atom stereocenters. The Morgan fingerprint density at radius 3 is 2.90 bits per heavy atom. The van der Waals surface area contributed by atoms with Crippen molar-refractivity contribution in [1.29, 1.82) is 0 Å². The van der Waals surface area contributed by atoms with Crippen LogP contribution in [0.15, 0.2) is 18.2 Å². The van der Waals surface area contributed by atoms with Crippen LogP contribution < -0.4 is 10.6 Å². The molecule has 0 radical (unpaired) electrons. The summed E-state index contributed by atoms with van der Waals surface area (Å²) in [5.74, 6) is -0.865. The number of benzene rings is 1. The number of nitrogens with zero attached hydrogens (tertiary/aromatic N) is 1. The highest BCUT2D eigenvalue weighted by molar-refractivity contribution is 5.76. The van der Waals surface area contributed by atoms with Crippen LogP contribution in [0.5, 0.6) is 0 Å². The number of hydrogen-bond donors (Lipinski definition) is 4. The first-order chi connectivity index (χ1) is 9.54. The summed E-state index contributed by atoms with van der Waals surface area (Å²) < 4.78 is 13.0. The molecule has 0 bridgehead atoms. The Hall–Kier alpha value is -2.64. The summed E-state index contributed by atoms with van der Waals surface area (Å²) >= 11 is 0. The molecular formula is C12H13FN4O3. The van der Waals surface area contributed by atoms with Crippen molar-refractivity contribution in [2.45, 2.75) is 13.0 Å². The van der Waals surface area contributed by atoms with Gasteiger partial charge in [0.25, 0.3) is 0 Å². The van der Waals surface area contributed by atoms with E-state index in [1.165, 1.54) is 18.2 Å². The number of rotatable bonds is 5. The smallest absolute Gasteiger partial charge is 0.315 e. The van der Waals surface area contributed by atoms with Crippen molar-refractivity contribution in [3.05, 3.63) is 29.8 Å². The second-order valence-corrected chi connectivity index (χ2v) is 4.10. The molecule has 2 amide bonds. The van der Waals surface area contributed by atoms with E-state index in [0.29, 0.717) is 16.9 Å². The number of fused-ring (bicyclic) bond motifs is 1. The number of imidazole rings is 1. The Morgan fingerprint density at radius 2 is 2.15 bits per heavy atom. The predicted octanol–water partition coefficient (Wildman–Crippen LogP) is 0.976. The van der Waals surface area contributed by atoms with Crippen LogP contribution in [0.3, 0.4) is 0 Å². The van der Waals surface area contributed by atoms with E-state index in [2.05, 4.69) is 20.6 Å². The number of amides is 2. The Labute approximate surface area is 113 Å². The van der Waals surface area contributed by atoms with E-state index in [1.54, 1.807) is 0 Å². The number of aliphatic carboxylic acids is 1. The maximum absolute atomic E-state index is 13.0. The molecule has 0 saturated heterocycles. The number of carbonyl (C=O) groups excluding carboxylic acids is 1. The fraction of sp³-hybridized carbons (Fsp3) is 0.250. The van der Waals surface area contributed by atoms with Gasteiger partial charge in [-0.25, -0.2) is 14.2 Å². The number of carboxylic acids is 1. The van der Waals surface area contributed by atoms with E-state index in [-0.39, 0.29) is 25.3 Å². The minimum absolute atomic E-state index is 0.0481. The zero-order valence-corrected chi connectivity index (χ0v) is 10.4. The van der Waals surface area contributed by atoms with Gasteiger partial charge in [0.15, 0.2) is 0 Å². The maximum atomic E-state index is 13.0. The van der Waals surface area contributed by atoms with Crippen LogP contribution in [0.1, 0.15) is 12.2 Å². The van der Waals surface area contributed by atoms with Gasteiger partial charge in [-0.2, -0.15) is 0 Å². The van der Waals surface area contributed by atoms with Crippen molar-refractivity contribution in [3.63, 3.8) is 0 Å². The van der Waals surface area contributed by atoms with Gasteiger partial charge >= 0.3 is 12.0 Å². The lowest BCUT2D eigenvalue weighted by atomic mass is 10.3. The number of carboxylic acid groups (broad SMARTS) is 1. The number of halogens is 1. The molecule has 0 spiro atoms. The van der Waals surface area contributed by atoms with Gasteiger partial charge in [0.05, 0.1) is 24.0 Å². The van der Waals surface area contributed by atoms with Crippen LogP contribution in [0.2, 0.25) is 0 Å². The second-order valence-electron chi connectivity index (χ2n) is 4.10. The lowest BCUT2D eigenvalue weighted by Crippen LogP contribution is -2.36. The van der Waals surface area contributed by atoms with Crippen molar-refractivity contribution in [2.24, 2.45) is 0 Å². The summed E-state index contributed by atoms with van der Waals surface area (Å²) in [6.07, 6.45) is -0.142. The molecule has 20 heavy (non-hydrogen) atoms. The van der Waals surface area contributed by atoms with E-state index in [1.807, 2.05) is 0 Å². The SMILES string of the molecule is O=C(O)CCNC(=O)NCc1nc2ccc(F)cc2[nH]1. The third-order valence-electron chi connectivity index (χ3n) is 2.53. The van der Waals surface area contributed by atoms with Crippen LogP contribution in [0.25, 0.3) is 11.0 Å². The van der Waals surface area contributed by atoms with Crippen LogP contribution in [0.4, 0.5) is 9.18 Å². The number of urea groups is 1. The summed E-state index contributed by atoms with van der Waals surface area (Å²) in [6, 6.07) is 3.67. The third-order valence-corrected chi connectivity index (χ3v) is 2.53. The Balaban J connectivity index is 1.86. The average molecular weight is 280 g/mol. The highest BCUT2D eigenvalue weighted by Crippen LogP contribution is 2.12. The molecule has 1 aromatic carbocycles. The van der Waals surface area contributed by atoms with Gasteiger partial charge in [-0.05, 0) is 18.2 Å². The minimum atomic E-state index is -0.982. The normalized spacial score (nSPS) is 10.4. The molecule has 0 aliphatic rings. The van der Waals surface area contributed by atoms with Gasteiger partial charge in [0.1, 0.15) is 11.6 Å². The molecule has 2 rings (SSSR count). The van der Waals surface area contributed by atoms with Crippen molar-refractivity contribution in [1.82, 2.24) is 20.6 Å². The molecule has 0 saturated carbocycles. The molecule has 7 nitrogen and oxygen atoms in total. The van der Waals surface area contributed by atoms with Crippen LogP contribution in [-0.2, 0) is 11.3 Å². The summed E-state index contributed by atoms with van der Waals surface area (Å²) in [5.41, 5.74) is 1.16. The van der Waals surface area contributed by atoms with Gasteiger partial charge in [-0.3, -0.25) is 4.79 Å². The molecule has 0 fully saturated rings. The van der Waals surface area contributed by atoms with Crippen LogP contribution in [-0.4, -0.2) is 33.6 Å². The van der Waals surface area contributed by atoms with Gasteiger partial charge in [0, 0.05) is 6.54 Å². The first-order valence-corrected chi connectivity index (χ1v) is 5.92. The molecule has 4 N–H and O–H groups in total. The number of nitrogens with one attached hydrogen (secondary N) is 3. The first kappa shape index (κ1) is 13.8. The van der Waals surface area contributed by atoms with E-state index < -0.39 is 12.0 Å². The van der Waals surface area contributed by atoms with E-state index in [0.717, 1.165) is 0 Å². The standard InChI is InChI=1S/C12H13FN4O3/c13-7-1-2-8-9(5-7)17-10(16-8)6-15-12(20)14-4-3-11(18)19/h1-2,5H,3-4,6H2,(H,16,17)(H,18,19)(H2,14,15,20). The number of H-pyrrole nitrogens is 1. The number of carbonyl (C=O) groups is 2. The van der Waals surface area contributed by atoms with Gasteiger partial charge in [-0.15, -0.1) is 0 Å². The second kappa shape index (κ2) is 6.00. The predicted molar refractivity (Wildman–Crippen MR) is 68.5 cm³/mol. The van der Waals surface area contributed by atoms with Crippen molar-refractivity contribution < 1.29 is 19.1 Å². The monoisotopic (exact) mass is 280 g/mol. The molecule has 0 aliphatic carbocycles. The van der Waals surface area contributed by atoms with Crippen LogP contribution in [0, 0.1) is 5.82 Å². The first-order valence-electron chi connectivity index (χ1n) is 5.92. The quantitative estimate of drug-likeness (QED) is 0.654. The molecule has 2 aromatic rings. The van der Waals surface area contributed by atoms with Gasteiger partial charge in [-0.1, -0.05) is 0 Å². The Kier molecular flexibility index (Phi) is 4.14. The Bertz CT molecular complexity index is 641. The molecule has 8 heteroatoms. The lowest BCUT2D eigenvalue weighted by molar-refractivity contribution is -0.136. The van der Waals surface area contributed by atoms with E-state index in [9.17, 15) is 14.0 Å². The summed E-state index contributed by atoms with van der Waals surface area (Å²) in [6.45, 7) is 0.182. The highest BCUT2D eigenvalue weighted by atomic mass is 19.1.